The second kappa shape index (κ2) is 5.33. The highest BCUT2D eigenvalue weighted by Crippen LogP contribution is 2.33. The number of hydrogen-bond acceptors (Lipinski definition) is 3. The van der Waals surface area contributed by atoms with E-state index in [1.165, 1.54) is 6.07 Å². The second-order valence-corrected chi connectivity index (χ2v) is 5.39. The number of hydrogen-bond donors (Lipinski definition) is 1. The summed E-state index contributed by atoms with van der Waals surface area (Å²) >= 11 is 0. The molecule has 1 heterocycles. The predicted octanol–water partition coefficient (Wildman–Crippen LogP) is 2.74. The average molecular weight is 269 g/mol. The lowest BCUT2D eigenvalue weighted by Gasteiger charge is -2.44. The largest absolute Gasteiger partial charge is 0.399 e. The number of nitrogens with two attached hydrogens (primary N) is 1. The topological polar surface area (TPSA) is 32.5 Å². The predicted molar refractivity (Wildman–Crippen MR) is 74.7 cm³/mol. The van der Waals surface area contributed by atoms with Crippen LogP contribution in [0.5, 0.6) is 0 Å². The molecule has 1 aromatic rings. The summed E-state index contributed by atoms with van der Waals surface area (Å²) in [7, 11) is 2.07. The van der Waals surface area contributed by atoms with Gasteiger partial charge in [0.2, 0.25) is 0 Å². The molecule has 0 spiro atoms. The minimum atomic E-state index is -2.50. The molecule has 2 atom stereocenters. The lowest BCUT2D eigenvalue weighted by Crippen LogP contribution is -2.55. The fourth-order valence-corrected chi connectivity index (χ4v) is 2.64. The second-order valence-electron chi connectivity index (χ2n) is 5.39. The van der Waals surface area contributed by atoms with Gasteiger partial charge < -0.3 is 10.6 Å². The molecule has 1 fully saturated rings. The zero-order valence-electron chi connectivity index (χ0n) is 11.6. The average Bonchev–Trinajstić information content (AvgIpc) is 2.35. The first kappa shape index (κ1) is 14.1. The molecule has 0 aliphatic carbocycles. The van der Waals surface area contributed by atoms with Crippen LogP contribution in [0.3, 0.4) is 0 Å². The standard InChI is InChI=1S/C14H21F2N3/c1-9-7-19(8-10(2)18(9)3)13-5-4-11(17)6-12(13)14(15)16/h4-6,9-10,14H,7-8,17H2,1-3H3. The minimum absolute atomic E-state index is 0.0314. The SMILES string of the molecule is CC1CN(c2ccc(N)cc2C(F)F)CC(C)N1C. The summed E-state index contributed by atoms with van der Waals surface area (Å²) in [5.74, 6) is 0. The number of anilines is 2. The van der Waals surface area contributed by atoms with Crippen LogP contribution in [0.4, 0.5) is 20.2 Å². The van der Waals surface area contributed by atoms with E-state index in [1.54, 1.807) is 12.1 Å². The molecule has 0 amide bonds. The van der Waals surface area contributed by atoms with Crippen molar-refractivity contribution in [3.8, 4) is 0 Å². The molecule has 0 bridgehead atoms. The lowest BCUT2D eigenvalue weighted by atomic mass is 10.1. The Morgan fingerprint density at radius 3 is 2.32 bits per heavy atom. The van der Waals surface area contributed by atoms with E-state index in [-0.39, 0.29) is 5.56 Å². The van der Waals surface area contributed by atoms with E-state index in [9.17, 15) is 8.78 Å². The van der Waals surface area contributed by atoms with Crippen molar-refractivity contribution in [3.05, 3.63) is 23.8 Å². The summed E-state index contributed by atoms with van der Waals surface area (Å²) in [6.07, 6.45) is -2.50. The van der Waals surface area contributed by atoms with Crippen molar-refractivity contribution in [2.75, 3.05) is 30.8 Å². The third kappa shape index (κ3) is 2.81. The van der Waals surface area contributed by atoms with Crippen LogP contribution in [-0.2, 0) is 0 Å². The van der Waals surface area contributed by atoms with E-state index in [0.717, 1.165) is 13.1 Å². The highest BCUT2D eigenvalue weighted by molar-refractivity contribution is 5.60. The van der Waals surface area contributed by atoms with E-state index >= 15 is 0 Å². The van der Waals surface area contributed by atoms with E-state index in [0.29, 0.717) is 23.5 Å². The summed E-state index contributed by atoms with van der Waals surface area (Å²) in [4.78, 5) is 4.31. The normalized spacial score (nSPS) is 25.1. The fraction of sp³-hybridized carbons (Fsp3) is 0.571. The molecule has 19 heavy (non-hydrogen) atoms. The maximum atomic E-state index is 13.1. The van der Waals surface area contributed by atoms with E-state index in [1.807, 2.05) is 4.90 Å². The van der Waals surface area contributed by atoms with Gasteiger partial charge >= 0.3 is 0 Å². The van der Waals surface area contributed by atoms with Crippen molar-refractivity contribution in [1.29, 1.82) is 0 Å². The van der Waals surface area contributed by atoms with Crippen molar-refractivity contribution < 1.29 is 8.78 Å². The minimum Gasteiger partial charge on any atom is -0.399 e. The zero-order valence-corrected chi connectivity index (χ0v) is 11.6. The Balaban J connectivity index is 2.31. The molecular formula is C14H21F2N3. The van der Waals surface area contributed by atoms with E-state index in [2.05, 4.69) is 25.8 Å². The molecule has 0 saturated carbocycles. The smallest absolute Gasteiger partial charge is 0.265 e. The van der Waals surface area contributed by atoms with Crippen LogP contribution in [0.1, 0.15) is 25.8 Å². The Bertz CT molecular complexity index is 438. The molecule has 1 aromatic carbocycles. The van der Waals surface area contributed by atoms with Gasteiger partial charge in [0.1, 0.15) is 0 Å². The molecule has 0 aromatic heterocycles. The van der Waals surface area contributed by atoms with Crippen LogP contribution in [0, 0.1) is 0 Å². The van der Waals surface area contributed by atoms with Crippen LogP contribution in [0.2, 0.25) is 0 Å². The fourth-order valence-electron chi connectivity index (χ4n) is 2.64. The summed E-state index contributed by atoms with van der Waals surface area (Å²) < 4.78 is 26.3. The highest BCUT2D eigenvalue weighted by Gasteiger charge is 2.28. The number of nitrogens with zero attached hydrogens (tertiary/aromatic N) is 2. The number of piperazine rings is 1. The Labute approximate surface area is 113 Å². The monoisotopic (exact) mass is 269 g/mol. The van der Waals surface area contributed by atoms with Crippen molar-refractivity contribution in [1.82, 2.24) is 4.90 Å². The number of halogens is 2. The molecule has 1 aliphatic heterocycles. The number of nitrogen functional groups attached to an aromatic ring is 1. The number of likely N-dealkylation sites (N-methyl/N-ethyl adjacent to an activating group) is 1. The van der Waals surface area contributed by atoms with Gasteiger partial charge in [-0.3, -0.25) is 4.90 Å². The molecule has 2 unspecified atom stereocenters. The van der Waals surface area contributed by atoms with Crippen LogP contribution in [0.25, 0.3) is 0 Å². The third-order valence-electron chi connectivity index (χ3n) is 3.99. The van der Waals surface area contributed by atoms with Gasteiger partial charge in [-0.1, -0.05) is 0 Å². The number of alkyl halides is 2. The maximum absolute atomic E-state index is 13.1. The van der Waals surface area contributed by atoms with Crippen molar-refractivity contribution in [3.63, 3.8) is 0 Å². The summed E-state index contributed by atoms with van der Waals surface area (Å²) in [5.41, 5.74) is 6.63. The summed E-state index contributed by atoms with van der Waals surface area (Å²) in [6, 6.07) is 5.46. The first-order valence-corrected chi connectivity index (χ1v) is 6.54. The Kier molecular flexibility index (Phi) is 3.94. The number of benzene rings is 1. The van der Waals surface area contributed by atoms with E-state index < -0.39 is 6.43 Å². The van der Waals surface area contributed by atoms with Gasteiger partial charge in [0.15, 0.2) is 0 Å². The third-order valence-corrected chi connectivity index (χ3v) is 3.99. The van der Waals surface area contributed by atoms with Gasteiger partial charge in [-0.15, -0.1) is 0 Å². The van der Waals surface area contributed by atoms with Gasteiger partial charge in [0, 0.05) is 42.1 Å². The first-order valence-electron chi connectivity index (χ1n) is 6.54. The van der Waals surface area contributed by atoms with Gasteiger partial charge in [0.05, 0.1) is 0 Å². The van der Waals surface area contributed by atoms with Gasteiger partial charge in [-0.2, -0.15) is 0 Å². The van der Waals surface area contributed by atoms with Crippen LogP contribution in [-0.4, -0.2) is 37.1 Å². The first-order chi connectivity index (χ1) is 8.90. The number of rotatable bonds is 2. The molecular weight excluding hydrogens is 248 g/mol. The van der Waals surface area contributed by atoms with Gasteiger partial charge in [-0.05, 0) is 39.1 Å². The lowest BCUT2D eigenvalue weighted by molar-refractivity contribution is 0.149. The molecule has 2 rings (SSSR count). The van der Waals surface area contributed by atoms with Crippen LogP contribution in [0.15, 0.2) is 18.2 Å². The van der Waals surface area contributed by atoms with Gasteiger partial charge in [0.25, 0.3) is 6.43 Å². The van der Waals surface area contributed by atoms with Crippen molar-refractivity contribution >= 4 is 11.4 Å². The van der Waals surface area contributed by atoms with Crippen LogP contribution >= 0.6 is 0 Å². The Hall–Kier alpha value is -1.36. The zero-order chi connectivity index (χ0) is 14.2. The Morgan fingerprint density at radius 2 is 1.79 bits per heavy atom. The molecule has 0 radical (unpaired) electrons. The van der Waals surface area contributed by atoms with Crippen molar-refractivity contribution in [2.45, 2.75) is 32.4 Å². The summed E-state index contributed by atoms with van der Waals surface area (Å²) in [6.45, 7) is 5.74. The molecule has 2 N–H and O–H groups in total. The Morgan fingerprint density at radius 1 is 1.21 bits per heavy atom. The van der Waals surface area contributed by atoms with Crippen LogP contribution < -0.4 is 10.6 Å². The molecule has 1 aliphatic rings. The van der Waals surface area contributed by atoms with Gasteiger partial charge in [-0.25, -0.2) is 8.78 Å². The maximum Gasteiger partial charge on any atom is 0.265 e. The highest BCUT2D eigenvalue weighted by atomic mass is 19.3. The molecule has 1 saturated heterocycles. The van der Waals surface area contributed by atoms with Crippen molar-refractivity contribution in [2.24, 2.45) is 0 Å². The quantitative estimate of drug-likeness (QED) is 0.838. The molecule has 5 heteroatoms. The molecule has 3 nitrogen and oxygen atoms in total. The summed E-state index contributed by atoms with van der Waals surface area (Å²) in [5, 5.41) is 0. The van der Waals surface area contributed by atoms with E-state index in [4.69, 9.17) is 5.73 Å². The molecule has 106 valence electrons.